The molecule has 3 aromatic rings. The highest BCUT2D eigenvalue weighted by Gasteiger charge is 2.55. The van der Waals surface area contributed by atoms with Gasteiger partial charge in [-0.3, -0.25) is 9.78 Å². The number of pyridine rings is 1. The molecule has 32 heavy (non-hydrogen) atoms. The number of nitrogens with zero attached hydrogens (tertiary/aromatic N) is 2. The maximum atomic E-state index is 13.5. The van der Waals surface area contributed by atoms with Crippen molar-refractivity contribution in [3.05, 3.63) is 83.7 Å². The number of ether oxygens (including phenoxy) is 1. The number of aromatic hydroxyl groups is 2. The van der Waals surface area contributed by atoms with Crippen molar-refractivity contribution in [3.8, 4) is 17.2 Å². The zero-order chi connectivity index (χ0) is 22.2. The summed E-state index contributed by atoms with van der Waals surface area (Å²) >= 11 is 0. The molecular weight excluding hydrogens is 408 g/mol. The van der Waals surface area contributed by atoms with Crippen LogP contribution in [0, 0.1) is 5.92 Å². The molecule has 0 spiro atoms. The van der Waals surface area contributed by atoms with Crippen LogP contribution in [0.15, 0.2) is 67.0 Å². The van der Waals surface area contributed by atoms with Gasteiger partial charge < -0.3 is 19.8 Å². The summed E-state index contributed by atoms with van der Waals surface area (Å²) in [6, 6.07) is 15.0. The maximum absolute atomic E-state index is 13.5. The van der Waals surface area contributed by atoms with E-state index in [4.69, 9.17) is 4.74 Å². The van der Waals surface area contributed by atoms with Crippen molar-refractivity contribution < 1.29 is 19.7 Å². The van der Waals surface area contributed by atoms with Crippen molar-refractivity contribution in [1.82, 2.24) is 20.7 Å². The van der Waals surface area contributed by atoms with Gasteiger partial charge in [0.25, 0.3) is 0 Å². The van der Waals surface area contributed by atoms with Gasteiger partial charge in [-0.1, -0.05) is 24.3 Å². The third kappa shape index (κ3) is 3.34. The van der Waals surface area contributed by atoms with Crippen LogP contribution in [0.3, 0.4) is 0 Å². The van der Waals surface area contributed by atoms with E-state index in [2.05, 4.69) is 15.8 Å². The van der Waals surface area contributed by atoms with E-state index >= 15 is 0 Å². The van der Waals surface area contributed by atoms with E-state index in [1.54, 1.807) is 36.7 Å². The Morgan fingerprint density at radius 3 is 2.50 bits per heavy atom. The molecule has 0 saturated carbocycles. The summed E-state index contributed by atoms with van der Waals surface area (Å²) in [4.78, 5) is 19.4. The van der Waals surface area contributed by atoms with E-state index in [1.165, 1.54) is 7.11 Å². The molecule has 5 rings (SSSR count). The molecule has 1 aromatic heterocycles. The first-order chi connectivity index (χ1) is 15.6. The molecule has 2 saturated heterocycles. The Morgan fingerprint density at radius 2 is 1.75 bits per heavy atom. The molecule has 0 radical (unpaired) electrons. The van der Waals surface area contributed by atoms with Gasteiger partial charge in [-0.05, 0) is 41.5 Å². The van der Waals surface area contributed by atoms with Crippen LogP contribution in [0.25, 0.3) is 0 Å². The number of benzene rings is 2. The van der Waals surface area contributed by atoms with Gasteiger partial charge in [-0.15, -0.1) is 0 Å². The third-order valence-corrected chi connectivity index (χ3v) is 6.33. The SMILES string of the molecule is COc1cc(C2C3C(NNC3c3ccccc3O)C(=O)N2Cc2ccncc2)ccc1O. The second-order valence-electron chi connectivity index (χ2n) is 8.08. The van der Waals surface area contributed by atoms with Crippen LogP contribution >= 0.6 is 0 Å². The van der Waals surface area contributed by atoms with Gasteiger partial charge in [0, 0.05) is 30.4 Å². The lowest BCUT2D eigenvalue weighted by Crippen LogP contribution is -2.41. The number of phenolic OH excluding ortho intramolecular Hbond substituents is 2. The fraction of sp³-hybridized carbons (Fsp3) is 0.250. The lowest BCUT2D eigenvalue weighted by atomic mass is 9.83. The number of carbonyl (C=O) groups is 1. The number of hydrazine groups is 1. The van der Waals surface area contributed by atoms with E-state index in [-0.39, 0.29) is 35.4 Å². The highest BCUT2D eigenvalue weighted by molar-refractivity contribution is 5.86. The number of amides is 1. The summed E-state index contributed by atoms with van der Waals surface area (Å²) in [6.45, 7) is 0.414. The lowest BCUT2D eigenvalue weighted by Gasteiger charge is -2.31. The summed E-state index contributed by atoms with van der Waals surface area (Å²) in [7, 11) is 1.50. The predicted molar refractivity (Wildman–Crippen MR) is 117 cm³/mol. The highest BCUT2D eigenvalue weighted by Crippen LogP contribution is 2.49. The first-order valence-electron chi connectivity index (χ1n) is 10.4. The summed E-state index contributed by atoms with van der Waals surface area (Å²) in [5, 5.41) is 20.6. The van der Waals surface area contributed by atoms with Crippen LogP contribution in [0.5, 0.6) is 17.2 Å². The number of aromatic nitrogens is 1. The smallest absolute Gasteiger partial charge is 0.242 e. The van der Waals surface area contributed by atoms with Crippen molar-refractivity contribution in [2.75, 3.05) is 7.11 Å². The molecule has 4 N–H and O–H groups in total. The van der Waals surface area contributed by atoms with Gasteiger partial charge in [0.15, 0.2) is 11.5 Å². The monoisotopic (exact) mass is 432 g/mol. The zero-order valence-corrected chi connectivity index (χ0v) is 17.5. The second-order valence-corrected chi connectivity index (χ2v) is 8.08. The summed E-state index contributed by atoms with van der Waals surface area (Å²) < 4.78 is 5.33. The van der Waals surface area contributed by atoms with Gasteiger partial charge in [0.1, 0.15) is 11.8 Å². The predicted octanol–water partition coefficient (Wildman–Crippen LogP) is 2.42. The minimum Gasteiger partial charge on any atom is -0.508 e. The zero-order valence-electron chi connectivity index (χ0n) is 17.5. The maximum Gasteiger partial charge on any atom is 0.242 e. The number of phenols is 2. The van der Waals surface area contributed by atoms with Crippen molar-refractivity contribution in [1.29, 1.82) is 0 Å². The average molecular weight is 432 g/mol. The summed E-state index contributed by atoms with van der Waals surface area (Å²) in [5.41, 5.74) is 8.92. The van der Waals surface area contributed by atoms with Crippen molar-refractivity contribution in [2.24, 2.45) is 5.92 Å². The van der Waals surface area contributed by atoms with Crippen LogP contribution in [-0.2, 0) is 11.3 Å². The van der Waals surface area contributed by atoms with Crippen LogP contribution in [0.1, 0.15) is 28.8 Å². The van der Waals surface area contributed by atoms with Gasteiger partial charge in [-0.25, -0.2) is 10.9 Å². The van der Waals surface area contributed by atoms with Crippen molar-refractivity contribution in [3.63, 3.8) is 0 Å². The molecular formula is C24H24N4O4. The molecule has 3 heterocycles. The standard InChI is InChI=1S/C24H24N4O4/c1-32-19-12-15(6-7-18(19)30)23-20-21(16-4-2-3-5-17(16)29)26-27-22(20)24(31)28(23)13-14-8-10-25-11-9-14/h2-12,20-23,26-27,29-30H,13H2,1H3. The first-order valence-corrected chi connectivity index (χ1v) is 10.4. The van der Waals surface area contributed by atoms with Gasteiger partial charge >= 0.3 is 0 Å². The molecule has 164 valence electrons. The molecule has 0 aliphatic carbocycles. The lowest BCUT2D eigenvalue weighted by molar-refractivity contribution is -0.131. The number of likely N-dealkylation sites (tertiary alicyclic amines) is 1. The molecule has 4 atom stereocenters. The fourth-order valence-electron chi connectivity index (χ4n) is 4.86. The first kappa shape index (κ1) is 20.3. The number of methoxy groups -OCH3 is 1. The van der Waals surface area contributed by atoms with Crippen LogP contribution in [0.4, 0.5) is 0 Å². The van der Waals surface area contributed by atoms with E-state index in [9.17, 15) is 15.0 Å². The molecule has 2 aliphatic heterocycles. The number of para-hydroxylation sites is 1. The number of carbonyl (C=O) groups excluding carboxylic acids is 1. The Balaban J connectivity index is 1.60. The molecule has 1 amide bonds. The Bertz CT molecular complexity index is 1140. The fourth-order valence-corrected chi connectivity index (χ4v) is 4.86. The number of nitrogens with one attached hydrogen (secondary N) is 2. The van der Waals surface area contributed by atoms with E-state index < -0.39 is 6.04 Å². The van der Waals surface area contributed by atoms with Crippen molar-refractivity contribution >= 4 is 5.91 Å². The van der Waals surface area contributed by atoms with Crippen molar-refractivity contribution in [2.45, 2.75) is 24.7 Å². The molecule has 2 aromatic carbocycles. The Kier molecular flexibility index (Phi) is 5.16. The number of fused-ring (bicyclic) bond motifs is 1. The van der Waals surface area contributed by atoms with Gasteiger partial charge in [0.2, 0.25) is 5.91 Å². The number of hydrogen-bond acceptors (Lipinski definition) is 7. The topological polar surface area (TPSA) is 107 Å². The molecule has 8 nitrogen and oxygen atoms in total. The summed E-state index contributed by atoms with van der Waals surface area (Å²) in [5.74, 6) is 0.327. The molecule has 2 fully saturated rings. The van der Waals surface area contributed by atoms with Gasteiger partial charge in [-0.2, -0.15) is 0 Å². The van der Waals surface area contributed by atoms with E-state index in [1.807, 2.05) is 35.2 Å². The number of rotatable bonds is 5. The van der Waals surface area contributed by atoms with Crippen LogP contribution in [0.2, 0.25) is 0 Å². The molecule has 0 bridgehead atoms. The number of hydrogen-bond donors (Lipinski definition) is 4. The summed E-state index contributed by atoms with van der Waals surface area (Å²) in [6.07, 6.45) is 3.42. The molecule has 8 heteroatoms. The Hall–Kier alpha value is -3.62. The molecule has 2 aliphatic rings. The average Bonchev–Trinajstić information content (AvgIpc) is 3.35. The van der Waals surface area contributed by atoms with Crippen LogP contribution in [-0.4, -0.2) is 39.2 Å². The molecule has 4 unspecified atom stereocenters. The van der Waals surface area contributed by atoms with E-state index in [0.29, 0.717) is 12.3 Å². The van der Waals surface area contributed by atoms with Crippen LogP contribution < -0.4 is 15.6 Å². The highest BCUT2D eigenvalue weighted by atomic mass is 16.5. The van der Waals surface area contributed by atoms with E-state index in [0.717, 1.165) is 16.7 Å². The minimum atomic E-state index is -0.466. The minimum absolute atomic E-state index is 0.0331. The normalized spacial score (nSPS) is 24.5. The largest absolute Gasteiger partial charge is 0.508 e. The third-order valence-electron chi connectivity index (χ3n) is 6.33. The quantitative estimate of drug-likeness (QED) is 0.491. The van der Waals surface area contributed by atoms with Gasteiger partial charge in [0.05, 0.1) is 19.2 Å². The Labute approximate surface area is 185 Å². The Morgan fingerprint density at radius 1 is 1.00 bits per heavy atom. The second kappa shape index (κ2) is 8.14.